The first-order valence-corrected chi connectivity index (χ1v) is 6.64. The molecule has 1 fully saturated rings. The lowest BCUT2D eigenvalue weighted by Gasteiger charge is -2.05. The number of para-hydroxylation sites is 1. The van der Waals surface area contributed by atoms with E-state index >= 15 is 0 Å². The summed E-state index contributed by atoms with van der Waals surface area (Å²) >= 11 is 0. The maximum absolute atomic E-state index is 13.6. The predicted molar refractivity (Wildman–Crippen MR) is 79.2 cm³/mol. The topological polar surface area (TPSA) is 50.4 Å². The second-order valence-corrected chi connectivity index (χ2v) is 4.94. The number of hydrogen-bond donors (Lipinski definition) is 2. The Morgan fingerprint density at radius 1 is 1.10 bits per heavy atom. The van der Waals surface area contributed by atoms with Crippen molar-refractivity contribution in [2.45, 2.75) is 18.4 Å². The Labute approximate surface area is 117 Å². The van der Waals surface area contributed by atoms with Crippen molar-refractivity contribution >= 4 is 11.6 Å². The lowest BCUT2D eigenvalue weighted by Crippen LogP contribution is -2.23. The van der Waals surface area contributed by atoms with Gasteiger partial charge in [-0.05, 0) is 30.2 Å². The zero-order chi connectivity index (χ0) is 13.9. The normalized spacial score (nSPS) is 21.6. The Bertz CT molecular complexity index is 625. The molecule has 0 spiro atoms. The fraction of sp³-hybridized carbons (Fsp3) is 0.188. The Morgan fingerprint density at radius 3 is 2.55 bits per heavy atom. The zero-order valence-corrected chi connectivity index (χ0v) is 11.0. The van der Waals surface area contributed by atoms with Crippen molar-refractivity contribution < 1.29 is 4.39 Å². The van der Waals surface area contributed by atoms with Crippen LogP contribution < -0.4 is 11.1 Å². The van der Waals surface area contributed by atoms with Crippen LogP contribution in [0.2, 0.25) is 0 Å². The molecule has 3 N–H and O–H groups in total. The molecule has 3 nitrogen and oxygen atoms in total. The number of guanidine groups is 1. The van der Waals surface area contributed by atoms with Gasteiger partial charge in [0.2, 0.25) is 0 Å². The van der Waals surface area contributed by atoms with Crippen LogP contribution in [-0.2, 0) is 0 Å². The Morgan fingerprint density at radius 2 is 1.80 bits per heavy atom. The molecule has 2 atom stereocenters. The lowest BCUT2D eigenvalue weighted by molar-refractivity contribution is 0.609. The van der Waals surface area contributed by atoms with Gasteiger partial charge < -0.3 is 11.1 Å². The van der Waals surface area contributed by atoms with Crippen LogP contribution in [0.25, 0.3) is 0 Å². The average molecular weight is 269 g/mol. The fourth-order valence-corrected chi connectivity index (χ4v) is 2.31. The summed E-state index contributed by atoms with van der Waals surface area (Å²) in [4.78, 5) is 4.40. The molecule has 1 aliphatic rings. The molecule has 2 unspecified atom stereocenters. The molecule has 0 aliphatic heterocycles. The molecular formula is C16H16FN3. The first-order chi connectivity index (χ1) is 9.74. The fourth-order valence-electron chi connectivity index (χ4n) is 2.31. The third kappa shape index (κ3) is 2.79. The van der Waals surface area contributed by atoms with Crippen LogP contribution in [0.15, 0.2) is 59.6 Å². The molecule has 2 aromatic rings. The van der Waals surface area contributed by atoms with E-state index in [0.29, 0.717) is 5.96 Å². The monoisotopic (exact) mass is 269 g/mol. The van der Waals surface area contributed by atoms with Gasteiger partial charge >= 0.3 is 0 Å². The van der Waals surface area contributed by atoms with E-state index in [1.165, 1.54) is 6.07 Å². The van der Waals surface area contributed by atoms with Crippen molar-refractivity contribution in [2.24, 2.45) is 10.7 Å². The minimum Gasteiger partial charge on any atom is -0.370 e. The number of nitrogens with zero attached hydrogens (tertiary/aromatic N) is 1. The van der Waals surface area contributed by atoms with E-state index < -0.39 is 0 Å². The molecule has 0 heterocycles. The van der Waals surface area contributed by atoms with Crippen molar-refractivity contribution in [3.05, 3.63) is 66.0 Å². The number of halogens is 1. The summed E-state index contributed by atoms with van der Waals surface area (Å²) in [5, 5.41) is 3.03. The molecule has 0 saturated heterocycles. The number of rotatable bonds is 3. The number of benzene rings is 2. The van der Waals surface area contributed by atoms with Gasteiger partial charge in [-0.15, -0.1) is 0 Å². The van der Waals surface area contributed by atoms with E-state index in [9.17, 15) is 4.39 Å². The molecule has 3 rings (SSSR count). The van der Waals surface area contributed by atoms with Crippen molar-refractivity contribution in [3.63, 3.8) is 0 Å². The van der Waals surface area contributed by atoms with E-state index in [4.69, 9.17) is 5.73 Å². The first-order valence-electron chi connectivity index (χ1n) is 6.64. The number of hydrogen-bond acceptors (Lipinski definition) is 1. The van der Waals surface area contributed by atoms with Crippen LogP contribution in [0.4, 0.5) is 10.1 Å². The number of nitrogens with one attached hydrogen (secondary N) is 1. The standard InChI is InChI=1S/C16H16FN3/c17-14-9-5-4-8-12(14)13-10-15(13)20-16(18)19-11-6-2-1-3-7-11/h1-9,13,15H,10H2,(H3,18,19,20). The van der Waals surface area contributed by atoms with Crippen molar-refractivity contribution in [1.82, 2.24) is 0 Å². The molecule has 0 bridgehead atoms. The Kier molecular flexibility index (Phi) is 3.37. The highest BCUT2D eigenvalue weighted by molar-refractivity contribution is 5.92. The second-order valence-electron chi connectivity index (χ2n) is 4.94. The van der Waals surface area contributed by atoms with Gasteiger partial charge in [0.15, 0.2) is 5.96 Å². The molecule has 0 aromatic heterocycles. The van der Waals surface area contributed by atoms with E-state index in [1.807, 2.05) is 42.5 Å². The van der Waals surface area contributed by atoms with E-state index in [2.05, 4.69) is 10.3 Å². The van der Waals surface area contributed by atoms with Crippen LogP contribution in [-0.4, -0.2) is 12.0 Å². The van der Waals surface area contributed by atoms with Crippen LogP contribution in [0, 0.1) is 5.82 Å². The Hall–Kier alpha value is -2.36. The number of aliphatic imine (C=N–C) groups is 1. The summed E-state index contributed by atoms with van der Waals surface area (Å²) in [7, 11) is 0. The van der Waals surface area contributed by atoms with Crippen LogP contribution >= 0.6 is 0 Å². The van der Waals surface area contributed by atoms with Crippen molar-refractivity contribution in [3.8, 4) is 0 Å². The van der Waals surface area contributed by atoms with Gasteiger partial charge in [-0.1, -0.05) is 36.4 Å². The lowest BCUT2D eigenvalue weighted by atomic mass is 10.1. The summed E-state index contributed by atoms with van der Waals surface area (Å²) < 4.78 is 13.6. The highest BCUT2D eigenvalue weighted by Crippen LogP contribution is 2.44. The quantitative estimate of drug-likeness (QED) is 0.664. The highest BCUT2D eigenvalue weighted by atomic mass is 19.1. The molecule has 0 radical (unpaired) electrons. The minimum atomic E-state index is -0.162. The predicted octanol–water partition coefficient (Wildman–Crippen LogP) is 3.11. The first kappa shape index (κ1) is 12.7. The molecule has 2 aromatic carbocycles. The molecule has 0 amide bonds. The van der Waals surface area contributed by atoms with Gasteiger partial charge in [0.05, 0.1) is 6.04 Å². The summed E-state index contributed by atoms with van der Waals surface area (Å²) in [6, 6.07) is 16.6. The van der Waals surface area contributed by atoms with E-state index in [0.717, 1.165) is 17.7 Å². The zero-order valence-electron chi connectivity index (χ0n) is 11.0. The SMILES string of the molecule is NC(=NC1CC1c1ccccc1F)Nc1ccccc1. The Balaban J connectivity index is 1.65. The summed E-state index contributed by atoms with van der Waals surface area (Å²) in [5.41, 5.74) is 7.50. The largest absolute Gasteiger partial charge is 0.370 e. The third-order valence-electron chi connectivity index (χ3n) is 3.41. The number of anilines is 1. The van der Waals surface area contributed by atoms with Gasteiger partial charge in [-0.3, -0.25) is 0 Å². The molecule has 1 aliphatic carbocycles. The minimum absolute atomic E-state index is 0.0723. The van der Waals surface area contributed by atoms with Crippen LogP contribution in [0.1, 0.15) is 17.9 Å². The molecule has 102 valence electrons. The number of nitrogens with two attached hydrogens (primary N) is 1. The van der Waals surface area contributed by atoms with Crippen LogP contribution in [0.5, 0.6) is 0 Å². The smallest absolute Gasteiger partial charge is 0.193 e. The second kappa shape index (κ2) is 5.33. The molecular weight excluding hydrogens is 253 g/mol. The van der Waals surface area contributed by atoms with E-state index in [-0.39, 0.29) is 17.8 Å². The van der Waals surface area contributed by atoms with Crippen LogP contribution in [0.3, 0.4) is 0 Å². The van der Waals surface area contributed by atoms with E-state index in [1.54, 1.807) is 6.07 Å². The van der Waals surface area contributed by atoms with Crippen molar-refractivity contribution in [1.29, 1.82) is 0 Å². The molecule has 20 heavy (non-hydrogen) atoms. The van der Waals surface area contributed by atoms with Gasteiger partial charge in [-0.2, -0.15) is 0 Å². The van der Waals surface area contributed by atoms with Gasteiger partial charge in [0, 0.05) is 11.6 Å². The van der Waals surface area contributed by atoms with Gasteiger partial charge in [0.25, 0.3) is 0 Å². The highest BCUT2D eigenvalue weighted by Gasteiger charge is 2.40. The van der Waals surface area contributed by atoms with Gasteiger partial charge in [-0.25, -0.2) is 9.38 Å². The van der Waals surface area contributed by atoms with Crippen molar-refractivity contribution in [2.75, 3.05) is 5.32 Å². The molecule has 4 heteroatoms. The maximum Gasteiger partial charge on any atom is 0.193 e. The molecule has 1 saturated carbocycles. The van der Waals surface area contributed by atoms with Gasteiger partial charge in [0.1, 0.15) is 5.82 Å². The average Bonchev–Trinajstić information content (AvgIpc) is 3.19. The summed E-state index contributed by atoms with van der Waals surface area (Å²) in [6.07, 6.45) is 0.845. The third-order valence-corrected chi connectivity index (χ3v) is 3.41. The summed E-state index contributed by atoms with van der Waals surface area (Å²) in [5.74, 6) is 0.358. The maximum atomic E-state index is 13.6. The summed E-state index contributed by atoms with van der Waals surface area (Å²) in [6.45, 7) is 0.